The summed E-state index contributed by atoms with van der Waals surface area (Å²) in [5.74, 6) is 1.21. The SMILES string of the molecule is C=CCc1cc(N)ccc1Oc1cnc(C)c(C)n1. The van der Waals surface area contributed by atoms with Gasteiger partial charge in [-0.3, -0.25) is 4.98 Å². The summed E-state index contributed by atoms with van der Waals surface area (Å²) in [6.07, 6.45) is 4.13. The van der Waals surface area contributed by atoms with Gasteiger partial charge in [-0.2, -0.15) is 0 Å². The fourth-order valence-electron chi connectivity index (χ4n) is 1.70. The molecule has 2 aromatic rings. The number of nitrogen functional groups attached to an aromatic ring is 1. The molecule has 0 saturated carbocycles. The van der Waals surface area contributed by atoms with E-state index in [0.29, 0.717) is 18.0 Å². The predicted octanol–water partition coefficient (Wildman–Crippen LogP) is 3.20. The van der Waals surface area contributed by atoms with Crippen molar-refractivity contribution in [1.82, 2.24) is 9.97 Å². The lowest BCUT2D eigenvalue weighted by Gasteiger charge is -2.10. The van der Waals surface area contributed by atoms with Crippen molar-refractivity contribution in [1.29, 1.82) is 0 Å². The number of ether oxygens (including phenoxy) is 1. The molecule has 0 aliphatic rings. The Morgan fingerprint density at radius 2 is 2.11 bits per heavy atom. The van der Waals surface area contributed by atoms with Crippen molar-refractivity contribution in [2.24, 2.45) is 0 Å². The molecule has 4 nitrogen and oxygen atoms in total. The first-order valence-corrected chi connectivity index (χ1v) is 6.07. The lowest BCUT2D eigenvalue weighted by atomic mass is 10.1. The highest BCUT2D eigenvalue weighted by Gasteiger charge is 2.07. The van der Waals surface area contributed by atoms with E-state index in [2.05, 4.69) is 16.5 Å². The number of anilines is 1. The third-order valence-electron chi connectivity index (χ3n) is 2.83. The molecule has 0 aliphatic carbocycles. The molecule has 98 valence electrons. The Bertz CT molecular complexity index is 608. The molecule has 1 aromatic carbocycles. The van der Waals surface area contributed by atoms with Crippen LogP contribution in [0.5, 0.6) is 11.6 Å². The average Bonchev–Trinajstić information content (AvgIpc) is 2.37. The molecule has 1 heterocycles. The van der Waals surface area contributed by atoms with Gasteiger partial charge in [0, 0.05) is 11.3 Å². The summed E-state index contributed by atoms with van der Waals surface area (Å²) < 4.78 is 5.78. The molecule has 0 amide bonds. The van der Waals surface area contributed by atoms with Gasteiger partial charge >= 0.3 is 0 Å². The Hall–Kier alpha value is -2.36. The largest absolute Gasteiger partial charge is 0.437 e. The number of benzene rings is 1. The van der Waals surface area contributed by atoms with Gasteiger partial charge in [0.15, 0.2) is 0 Å². The van der Waals surface area contributed by atoms with Gasteiger partial charge in [0.1, 0.15) is 5.75 Å². The van der Waals surface area contributed by atoms with Gasteiger partial charge < -0.3 is 10.5 Å². The van der Waals surface area contributed by atoms with E-state index in [1.165, 1.54) is 0 Å². The third-order valence-corrected chi connectivity index (χ3v) is 2.83. The van der Waals surface area contributed by atoms with Crippen molar-refractivity contribution < 1.29 is 4.74 Å². The van der Waals surface area contributed by atoms with Gasteiger partial charge in [-0.1, -0.05) is 6.08 Å². The standard InChI is InChI=1S/C15H17N3O/c1-4-5-12-8-13(16)6-7-14(12)19-15-9-17-10(2)11(3)18-15/h4,6-9H,1,5,16H2,2-3H3. The van der Waals surface area contributed by atoms with Gasteiger partial charge in [-0.05, 0) is 38.5 Å². The van der Waals surface area contributed by atoms with Crippen molar-refractivity contribution >= 4 is 5.69 Å². The normalized spacial score (nSPS) is 10.2. The number of hydrogen-bond donors (Lipinski definition) is 1. The van der Waals surface area contributed by atoms with Crippen LogP contribution in [0, 0.1) is 13.8 Å². The van der Waals surface area contributed by atoms with Crippen molar-refractivity contribution in [2.75, 3.05) is 5.73 Å². The minimum Gasteiger partial charge on any atom is -0.437 e. The number of aromatic nitrogens is 2. The first-order valence-electron chi connectivity index (χ1n) is 6.07. The maximum atomic E-state index is 5.78. The molecule has 2 rings (SSSR count). The molecule has 4 heteroatoms. The molecular weight excluding hydrogens is 238 g/mol. The number of rotatable bonds is 4. The molecule has 1 aromatic heterocycles. The van der Waals surface area contributed by atoms with Gasteiger partial charge in [0.2, 0.25) is 5.88 Å². The third kappa shape index (κ3) is 3.10. The second-order valence-corrected chi connectivity index (χ2v) is 4.34. The second-order valence-electron chi connectivity index (χ2n) is 4.34. The van der Waals surface area contributed by atoms with E-state index in [1.807, 2.05) is 32.1 Å². The molecule has 0 spiro atoms. The van der Waals surface area contributed by atoms with Crippen LogP contribution in [0.15, 0.2) is 37.1 Å². The Morgan fingerprint density at radius 3 is 2.79 bits per heavy atom. The highest BCUT2D eigenvalue weighted by Crippen LogP contribution is 2.26. The minimum absolute atomic E-state index is 0.484. The number of aryl methyl sites for hydroxylation is 2. The van der Waals surface area contributed by atoms with Crippen LogP contribution in [0.2, 0.25) is 0 Å². The Kier molecular flexibility index (Phi) is 3.80. The molecule has 0 radical (unpaired) electrons. The van der Waals surface area contributed by atoms with E-state index in [-0.39, 0.29) is 0 Å². The fraction of sp³-hybridized carbons (Fsp3) is 0.200. The molecular formula is C15H17N3O. The van der Waals surface area contributed by atoms with Crippen LogP contribution in [0.1, 0.15) is 17.0 Å². The minimum atomic E-state index is 0.484. The number of nitrogens with two attached hydrogens (primary N) is 1. The summed E-state index contributed by atoms with van der Waals surface area (Å²) in [5.41, 5.74) is 9.22. The van der Waals surface area contributed by atoms with Crippen LogP contribution in [-0.4, -0.2) is 9.97 Å². The van der Waals surface area contributed by atoms with E-state index in [0.717, 1.165) is 22.7 Å². The Morgan fingerprint density at radius 1 is 1.32 bits per heavy atom. The molecule has 0 saturated heterocycles. The van der Waals surface area contributed by atoms with Crippen molar-refractivity contribution in [3.63, 3.8) is 0 Å². The molecule has 0 fully saturated rings. The van der Waals surface area contributed by atoms with Gasteiger partial charge in [-0.25, -0.2) is 4.98 Å². The summed E-state index contributed by atoms with van der Waals surface area (Å²) in [5, 5.41) is 0. The predicted molar refractivity (Wildman–Crippen MR) is 76.3 cm³/mol. The Labute approximate surface area is 113 Å². The zero-order valence-electron chi connectivity index (χ0n) is 11.2. The molecule has 0 bridgehead atoms. The topological polar surface area (TPSA) is 61.0 Å². The van der Waals surface area contributed by atoms with E-state index in [4.69, 9.17) is 10.5 Å². The van der Waals surface area contributed by atoms with Crippen LogP contribution in [0.25, 0.3) is 0 Å². The number of hydrogen-bond acceptors (Lipinski definition) is 4. The summed E-state index contributed by atoms with van der Waals surface area (Å²) in [4.78, 5) is 8.59. The molecule has 19 heavy (non-hydrogen) atoms. The molecule has 0 atom stereocenters. The highest BCUT2D eigenvalue weighted by atomic mass is 16.5. The zero-order chi connectivity index (χ0) is 13.8. The van der Waals surface area contributed by atoms with Crippen molar-refractivity contribution in [2.45, 2.75) is 20.3 Å². The number of nitrogens with zero attached hydrogens (tertiary/aromatic N) is 2. The molecule has 0 aliphatic heterocycles. The zero-order valence-corrected chi connectivity index (χ0v) is 11.2. The van der Waals surface area contributed by atoms with E-state index in [9.17, 15) is 0 Å². The van der Waals surface area contributed by atoms with Crippen LogP contribution in [0.4, 0.5) is 5.69 Å². The monoisotopic (exact) mass is 255 g/mol. The van der Waals surface area contributed by atoms with Crippen LogP contribution >= 0.6 is 0 Å². The lowest BCUT2D eigenvalue weighted by molar-refractivity contribution is 0.453. The first kappa shape index (κ1) is 13.1. The molecule has 2 N–H and O–H groups in total. The van der Waals surface area contributed by atoms with Gasteiger partial charge in [0.05, 0.1) is 17.6 Å². The summed E-state index contributed by atoms with van der Waals surface area (Å²) >= 11 is 0. The maximum absolute atomic E-state index is 5.78. The Balaban J connectivity index is 2.31. The average molecular weight is 255 g/mol. The summed E-state index contributed by atoms with van der Waals surface area (Å²) in [6, 6.07) is 5.52. The smallest absolute Gasteiger partial charge is 0.238 e. The maximum Gasteiger partial charge on any atom is 0.238 e. The van der Waals surface area contributed by atoms with E-state index in [1.54, 1.807) is 12.3 Å². The van der Waals surface area contributed by atoms with Crippen molar-refractivity contribution in [3.8, 4) is 11.6 Å². The number of allylic oxidation sites excluding steroid dienone is 1. The second kappa shape index (κ2) is 5.52. The lowest BCUT2D eigenvalue weighted by Crippen LogP contribution is -1.98. The van der Waals surface area contributed by atoms with Crippen molar-refractivity contribution in [3.05, 3.63) is 54.0 Å². The van der Waals surface area contributed by atoms with E-state index < -0.39 is 0 Å². The van der Waals surface area contributed by atoms with Crippen LogP contribution in [0.3, 0.4) is 0 Å². The fourth-order valence-corrected chi connectivity index (χ4v) is 1.70. The van der Waals surface area contributed by atoms with Gasteiger partial charge in [-0.15, -0.1) is 6.58 Å². The quantitative estimate of drug-likeness (QED) is 0.673. The molecule has 0 unspecified atom stereocenters. The first-order chi connectivity index (χ1) is 9.10. The summed E-state index contributed by atoms with van der Waals surface area (Å²) in [7, 11) is 0. The summed E-state index contributed by atoms with van der Waals surface area (Å²) in [6.45, 7) is 7.56. The van der Waals surface area contributed by atoms with E-state index >= 15 is 0 Å². The highest BCUT2D eigenvalue weighted by molar-refractivity contribution is 5.49. The van der Waals surface area contributed by atoms with Crippen LogP contribution in [-0.2, 0) is 6.42 Å². The van der Waals surface area contributed by atoms with Crippen LogP contribution < -0.4 is 10.5 Å². The van der Waals surface area contributed by atoms with Gasteiger partial charge in [0.25, 0.3) is 0 Å².